The third kappa shape index (κ3) is 3.81. The van der Waals surface area contributed by atoms with Gasteiger partial charge in [0.2, 0.25) is 0 Å². The number of hydrogen-bond donors (Lipinski definition) is 0. The number of allylic oxidation sites excluding steroid dienone is 2. The second kappa shape index (κ2) is 6.70. The molecule has 1 rings (SSSR count). The Morgan fingerprint density at radius 1 is 1.55 bits per heavy atom. The summed E-state index contributed by atoms with van der Waals surface area (Å²) in [5.41, 5.74) is 1.52. The lowest BCUT2D eigenvalue weighted by Gasteiger charge is -2.13. The van der Waals surface area contributed by atoms with E-state index in [1.165, 1.54) is 0 Å². The van der Waals surface area contributed by atoms with Gasteiger partial charge in [0.15, 0.2) is 6.10 Å². The van der Waals surface area contributed by atoms with Crippen LogP contribution in [0.1, 0.15) is 34.1 Å². The molecule has 2 atom stereocenters. The summed E-state index contributed by atoms with van der Waals surface area (Å²) in [6.07, 6.45) is 9.32. The van der Waals surface area contributed by atoms with E-state index < -0.39 is 10.9 Å². The number of hydrogen-bond acceptors (Lipinski definition) is 2. The Bertz CT molecular complexity index is 481. The minimum absolute atomic E-state index is 0.263. The summed E-state index contributed by atoms with van der Waals surface area (Å²) in [7, 11) is 0. The van der Waals surface area contributed by atoms with Crippen LogP contribution in [0.25, 0.3) is 0 Å². The van der Waals surface area contributed by atoms with Crippen LogP contribution in [-0.2, 0) is 9.53 Å². The van der Waals surface area contributed by atoms with Crippen LogP contribution in [0, 0.1) is 23.7 Å². The van der Waals surface area contributed by atoms with Crippen molar-refractivity contribution >= 4 is 29.2 Å². The Hall–Kier alpha value is -0.910. The summed E-state index contributed by atoms with van der Waals surface area (Å²) in [5.74, 6) is 1.87. The van der Waals surface area contributed by atoms with Crippen LogP contribution in [0.15, 0.2) is 23.3 Å². The Kier molecular flexibility index (Phi) is 5.74. The predicted molar refractivity (Wildman–Crippen MR) is 83.6 cm³/mol. The molecule has 4 heteroatoms. The maximum atomic E-state index is 12.2. The highest BCUT2D eigenvalue weighted by molar-refractivity contribution is 6.45. The molecule has 2 nitrogen and oxygen atoms in total. The van der Waals surface area contributed by atoms with Gasteiger partial charge in [-0.1, -0.05) is 38.8 Å². The van der Waals surface area contributed by atoms with Gasteiger partial charge >= 0.3 is 5.97 Å². The van der Waals surface area contributed by atoms with Gasteiger partial charge in [-0.3, -0.25) is 4.79 Å². The van der Waals surface area contributed by atoms with Gasteiger partial charge in [0.1, 0.15) is 4.84 Å². The molecule has 1 aliphatic carbocycles. The van der Waals surface area contributed by atoms with E-state index in [0.29, 0.717) is 0 Å². The number of carbonyl (C=O) groups is 1. The van der Waals surface area contributed by atoms with Crippen molar-refractivity contribution in [3.63, 3.8) is 0 Å². The molecular formula is C16H20Cl2O2. The highest BCUT2D eigenvalue weighted by Crippen LogP contribution is 2.58. The third-order valence-electron chi connectivity index (χ3n) is 3.56. The van der Waals surface area contributed by atoms with Crippen LogP contribution in [0.3, 0.4) is 0 Å². The fourth-order valence-electron chi connectivity index (χ4n) is 2.32. The second-order valence-electron chi connectivity index (χ2n) is 5.45. The summed E-state index contributed by atoms with van der Waals surface area (Å²) in [4.78, 5) is 11.6. The van der Waals surface area contributed by atoms with Gasteiger partial charge in [-0.25, -0.2) is 0 Å². The molecule has 0 spiro atoms. The summed E-state index contributed by atoms with van der Waals surface area (Å²) in [5, 5.41) is 0. The quantitative estimate of drug-likeness (QED) is 0.328. The van der Waals surface area contributed by atoms with E-state index in [-0.39, 0.29) is 17.3 Å². The van der Waals surface area contributed by atoms with Crippen molar-refractivity contribution in [2.24, 2.45) is 11.3 Å². The Morgan fingerprint density at radius 3 is 2.60 bits per heavy atom. The lowest BCUT2D eigenvalue weighted by molar-refractivity contribution is -0.147. The highest BCUT2D eigenvalue weighted by atomic mass is 35.5. The molecular weight excluding hydrogens is 295 g/mol. The molecule has 0 aliphatic heterocycles. The molecule has 1 saturated carbocycles. The molecule has 20 heavy (non-hydrogen) atoms. The van der Waals surface area contributed by atoms with Gasteiger partial charge in [-0.15, -0.1) is 29.6 Å². The predicted octanol–water partition coefficient (Wildman–Crippen LogP) is 4.27. The fraction of sp³-hybridized carbons (Fsp3) is 0.562. The van der Waals surface area contributed by atoms with Gasteiger partial charge in [-0.2, -0.15) is 0 Å². The Balaban J connectivity index is 2.79. The van der Waals surface area contributed by atoms with Gasteiger partial charge in [0, 0.05) is 5.41 Å². The summed E-state index contributed by atoms with van der Waals surface area (Å²) < 4.78 is 5.42. The van der Waals surface area contributed by atoms with E-state index >= 15 is 0 Å². The molecule has 0 heterocycles. The largest absolute Gasteiger partial charge is 0.444 e. The van der Waals surface area contributed by atoms with E-state index in [1.807, 2.05) is 33.8 Å². The zero-order valence-corrected chi connectivity index (χ0v) is 13.8. The third-order valence-corrected chi connectivity index (χ3v) is 3.81. The van der Waals surface area contributed by atoms with Crippen LogP contribution in [0.5, 0.6) is 0 Å². The molecule has 1 aliphatic rings. The van der Waals surface area contributed by atoms with Crippen molar-refractivity contribution in [3.8, 4) is 12.3 Å². The molecule has 110 valence electrons. The molecule has 1 fully saturated rings. The zero-order chi connectivity index (χ0) is 15.5. The van der Waals surface area contributed by atoms with Crippen molar-refractivity contribution in [1.82, 2.24) is 0 Å². The van der Waals surface area contributed by atoms with Crippen molar-refractivity contribution in [2.75, 3.05) is 0 Å². The number of carbonyl (C=O) groups excluding carboxylic acids is 1. The Morgan fingerprint density at radius 2 is 2.15 bits per heavy atom. The fourth-order valence-corrected chi connectivity index (χ4v) is 2.59. The molecule has 0 aromatic carbocycles. The molecule has 0 bridgehead atoms. The standard InChI is InChI=1S/C16H20Cl2O2/c1-6-8-10(3)12(7-2)20-15(19)14-11(9-13(17)18)16(14,4)5/h2,8-9,12-14H,6H2,1,3-5H3/b10-8?,11-9+. The van der Waals surface area contributed by atoms with E-state index in [1.54, 1.807) is 6.08 Å². The molecule has 0 aromatic rings. The maximum absolute atomic E-state index is 12.2. The molecule has 0 saturated heterocycles. The van der Waals surface area contributed by atoms with Crippen molar-refractivity contribution in [3.05, 3.63) is 23.3 Å². The number of esters is 1. The topological polar surface area (TPSA) is 26.3 Å². The summed E-state index contributed by atoms with van der Waals surface area (Å²) >= 11 is 11.5. The van der Waals surface area contributed by atoms with Crippen molar-refractivity contribution in [1.29, 1.82) is 0 Å². The summed E-state index contributed by atoms with van der Waals surface area (Å²) in [6, 6.07) is 0. The van der Waals surface area contributed by atoms with Crippen LogP contribution < -0.4 is 0 Å². The molecule has 0 N–H and O–H groups in total. The number of halogens is 2. The van der Waals surface area contributed by atoms with Crippen LogP contribution in [-0.4, -0.2) is 16.9 Å². The minimum Gasteiger partial charge on any atom is -0.444 e. The van der Waals surface area contributed by atoms with Gasteiger partial charge in [0.25, 0.3) is 0 Å². The maximum Gasteiger partial charge on any atom is 0.315 e. The highest BCUT2D eigenvalue weighted by Gasteiger charge is 2.58. The van der Waals surface area contributed by atoms with Crippen LogP contribution in [0.4, 0.5) is 0 Å². The minimum atomic E-state index is -0.618. The number of rotatable bonds is 5. The zero-order valence-electron chi connectivity index (χ0n) is 12.2. The van der Waals surface area contributed by atoms with E-state index in [9.17, 15) is 4.79 Å². The van der Waals surface area contributed by atoms with Gasteiger partial charge in [0.05, 0.1) is 5.92 Å². The molecule has 0 radical (unpaired) electrons. The lowest BCUT2D eigenvalue weighted by Crippen LogP contribution is -2.20. The first-order valence-corrected chi connectivity index (χ1v) is 7.46. The smallest absolute Gasteiger partial charge is 0.315 e. The van der Waals surface area contributed by atoms with E-state index in [4.69, 9.17) is 34.4 Å². The van der Waals surface area contributed by atoms with E-state index in [0.717, 1.165) is 17.6 Å². The van der Waals surface area contributed by atoms with Gasteiger partial charge < -0.3 is 4.74 Å². The molecule has 0 amide bonds. The molecule has 2 unspecified atom stereocenters. The first-order chi connectivity index (χ1) is 9.25. The monoisotopic (exact) mass is 314 g/mol. The second-order valence-corrected chi connectivity index (χ2v) is 6.61. The summed E-state index contributed by atoms with van der Waals surface area (Å²) in [6.45, 7) is 7.79. The SMILES string of the molecule is C#CC(OC(=O)C1/C(=C\C(Cl)Cl)C1(C)C)C(C)=CCC. The number of ether oxygens (including phenoxy) is 1. The first kappa shape index (κ1) is 17.1. The Labute approximate surface area is 131 Å². The average molecular weight is 315 g/mol. The van der Waals surface area contributed by atoms with Crippen molar-refractivity contribution < 1.29 is 9.53 Å². The van der Waals surface area contributed by atoms with Crippen LogP contribution in [0.2, 0.25) is 0 Å². The number of alkyl halides is 2. The van der Waals surface area contributed by atoms with E-state index in [2.05, 4.69) is 5.92 Å². The normalized spacial score (nSPS) is 24.4. The van der Waals surface area contributed by atoms with Crippen LogP contribution >= 0.6 is 23.2 Å². The van der Waals surface area contributed by atoms with Crippen molar-refractivity contribution in [2.45, 2.75) is 45.1 Å². The molecule has 0 aromatic heterocycles. The lowest BCUT2D eigenvalue weighted by atomic mass is 10.1. The first-order valence-electron chi connectivity index (χ1n) is 6.59. The average Bonchev–Trinajstić information content (AvgIpc) is 2.86. The number of terminal acetylenes is 1. The van der Waals surface area contributed by atoms with Gasteiger partial charge in [-0.05, 0) is 24.5 Å².